The van der Waals surface area contributed by atoms with Gasteiger partial charge in [0.1, 0.15) is 11.6 Å². The number of nitrogens with one attached hydrogen (secondary N) is 1. The number of hydrogen-bond donors (Lipinski definition) is 2. The van der Waals surface area contributed by atoms with Gasteiger partial charge < -0.3 is 15.0 Å². The van der Waals surface area contributed by atoms with Crippen LogP contribution in [0.3, 0.4) is 0 Å². The van der Waals surface area contributed by atoms with Crippen LogP contribution in [-0.4, -0.2) is 20.6 Å². The number of nitrogens with zero attached hydrogens (tertiary/aromatic N) is 2. The van der Waals surface area contributed by atoms with E-state index in [0.29, 0.717) is 5.56 Å². The van der Waals surface area contributed by atoms with Gasteiger partial charge in [0.05, 0.1) is 11.7 Å². The van der Waals surface area contributed by atoms with E-state index in [9.17, 15) is 9.90 Å². The summed E-state index contributed by atoms with van der Waals surface area (Å²) < 4.78 is 2.24. The number of rotatable bonds is 3. The molecule has 2 heterocycles. The SMILES string of the molecule is Cc1ccc(C(=O)N[C@@H]2CCc3ccc(-c4cn5c(n4)CCC5)cc32)cc1O. The number of aromatic nitrogens is 2. The third-order valence-electron chi connectivity index (χ3n) is 5.95. The summed E-state index contributed by atoms with van der Waals surface area (Å²) in [7, 11) is 0. The van der Waals surface area contributed by atoms with Gasteiger partial charge in [-0.3, -0.25) is 4.79 Å². The fourth-order valence-corrected chi connectivity index (χ4v) is 4.30. The number of phenolic OH excluding ortho intramolecular Hbond substituents is 1. The average molecular weight is 373 g/mol. The second-order valence-corrected chi connectivity index (χ2v) is 7.82. The highest BCUT2D eigenvalue weighted by Crippen LogP contribution is 2.35. The van der Waals surface area contributed by atoms with E-state index in [1.165, 1.54) is 29.4 Å². The molecule has 2 aromatic carbocycles. The maximum atomic E-state index is 12.7. The van der Waals surface area contributed by atoms with Crippen molar-refractivity contribution in [2.45, 2.75) is 45.2 Å². The lowest BCUT2D eigenvalue weighted by Crippen LogP contribution is -2.27. The molecule has 0 spiro atoms. The first-order valence-electron chi connectivity index (χ1n) is 9.88. The first-order valence-corrected chi connectivity index (χ1v) is 9.88. The maximum Gasteiger partial charge on any atom is 0.251 e. The molecule has 2 aliphatic rings. The molecule has 1 aromatic heterocycles. The molecule has 0 radical (unpaired) electrons. The van der Waals surface area contributed by atoms with Crippen molar-refractivity contribution in [3.63, 3.8) is 0 Å². The predicted octanol–water partition coefficient (Wildman–Crippen LogP) is 3.93. The molecule has 0 fully saturated rings. The highest BCUT2D eigenvalue weighted by atomic mass is 16.3. The highest BCUT2D eigenvalue weighted by Gasteiger charge is 2.25. The zero-order chi connectivity index (χ0) is 19.3. The Labute approximate surface area is 164 Å². The lowest BCUT2D eigenvalue weighted by Gasteiger charge is -2.15. The Morgan fingerprint density at radius 1 is 1.21 bits per heavy atom. The first-order chi connectivity index (χ1) is 13.6. The second kappa shape index (κ2) is 6.51. The molecule has 142 valence electrons. The number of carbonyl (C=O) groups is 1. The van der Waals surface area contributed by atoms with E-state index < -0.39 is 0 Å². The normalized spacial score (nSPS) is 17.4. The number of fused-ring (bicyclic) bond motifs is 2. The van der Waals surface area contributed by atoms with E-state index in [4.69, 9.17) is 4.98 Å². The molecule has 0 bridgehead atoms. The Hall–Kier alpha value is -3.08. The first kappa shape index (κ1) is 17.0. The van der Waals surface area contributed by atoms with Crippen molar-refractivity contribution < 1.29 is 9.90 Å². The minimum absolute atomic E-state index is 0.0136. The Morgan fingerprint density at radius 2 is 2.11 bits per heavy atom. The quantitative estimate of drug-likeness (QED) is 0.731. The van der Waals surface area contributed by atoms with Crippen LogP contribution in [0.25, 0.3) is 11.3 Å². The minimum Gasteiger partial charge on any atom is -0.508 e. The standard InChI is InChI=1S/C23H23N3O2/c1-14-4-5-17(12-21(14)27)23(28)25-19-9-8-15-6-7-16(11-18(15)19)20-13-26-10-2-3-22(26)24-20/h4-7,11-13,19,27H,2-3,8-10H2,1H3,(H,25,28)/t19-/m1/s1. The molecule has 0 saturated carbocycles. The fraction of sp³-hybridized carbons (Fsp3) is 0.304. The fourth-order valence-electron chi connectivity index (χ4n) is 4.30. The molecule has 1 atom stereocenters. The molecule has 5 heteroatoms. The molecule has 5 nitrogen and oxygen atoms in total. The third kappa shape index (κ3) is 2.87. The predicted molar refractivity (Wildman–Crippen MR) is 107 cm³/mol. The molecule has 0 saturated heterocycles. The Bertz CT molecular complexity index is 1060. The van der Waals surface area contributed by atoms with Gasteiger partial charge in [0.25, 0.3) is 5.91 Å². The molecular weight excluding hydrogens is 350 g/mol. The lowest BCUT2D eigenvalue weighted by atomic mass is 10.0. The molecule has 1 aliphatic carbocycles. The average Bonchev–Trinajstić information content (AvgIpc) is 3.38. The van der Waals surface area contributed by atoms with Gasteiger partial charge in [0.2, 0.25) is 0 Å². The number of hydrogen-bond acceptors (Lipinski definition) is 3. The molecule has 2 N–H and O–H groups in total. The van der Waals surface area contributed by atoms with Gasteiger partial charge >= 0.3 is 0 Å². The van der Waals surface area contributed by atoms with Crippen molar-refractivity contribution in [3.05, 3.63) is 70.7 Å². The van der Waals surface area contributed by atoms with Gasteiger partial charge in [0, 0.05) is 30.3 Å². The van der Waals surface area contributed by atoms with Crippen LogP contribution < -0.4 is 5.32 Å². The van der Waals surface area contributed by atoms with Crippen LogP contribution in [0.5, 0.6) is 5.75 Å². The van der Waals surface area contributed by atoms with Crippen LogP contribution in [-0.2, 0) is 19.4 Å². The lowest BCUT2D eigenvalue weighted by molar-refractivity contribution is 0.0936. The summed E-state index contributed by atoms with van der Waals surface area (Å²) in [5.74, 6) is 1.16. The Kier molecular flexibility index (Phi) is 3.97. The largest absolute Gasteiger partial charge is 0.508 e. The molecule has 1 amide bonds. The minimum atomic E-state index is -0.153. The number of carbonyl (C=O) groups excluding carboxylic acids is 1. The monoisotopic (exact) mass is 373 g/mol. The van der Waals surface area contributed by atoms with E-state index in [2.05, 4.69) is 34.3 Å². The summed E-state index contributed by atoms with van der Waals surface area (Å²) in [4.78, 5) is 17.5. The molecule has 5 rings (SSSR count). The Morgan fingerprint density at radius 3 is 2.93 bits per heavy atom. The van der Waals surface area contributed by atoms with E-state index in [1.807, 2.05) is 6.92 Å². The number of amides is 1. The van der Waals surface area contributed by atoms with Crippen LogP contribution in [0, 0.1) is 6.92 Å². The summed E-state index contributed by atoms with van der Waals surface area (Å²) in [6.07, 6.45) is 6.21. The van der Waals surface area contributed by atoms with Crippen LogP contribution >= 0.6 is 0 Å². The van der Waals surface area contributed by atoms with Crippen LogP contribution in [0.1, 0.15) is 51.8 Å². The second-order valence-electron chi connectivity index (χ2n) is 7.82. The van der Waals surface area contributed by atoms with Gasteiger partial charge in [0.15, 0.2) is 0 Å². The van der Waals surface area contributed by atoms with E-state index in [1.54, 1.807) is 12.1 Å². The smallest absolute Gasteiger partial charge is 0.251 e. The van der Waals surface area contributed by atoms with E-state index in [-0.39, 0.29) is 17.7 Å². The van der Waals surface area contributed by atoms with Crippen molar-refractivity contribution in [3.8, 4) is 17.0 Å². The topological polar surface area (TPSA) is 67.2 Å². The van der Waals surface area contributed by atoms with Crippen molar-refractivity contribution in [1.29, 1.82) is 0 Å². The molecule has 28 heavy (non-hydrogen) atoms. The summed E-state index contributed by atoms with van der Waals surface area (Å²) in [6, 6.07) is 11.5. The molecular formula is C23H23N3O2. The summed E-state index contributed by atoms with van der Waals surface area (Å²) in [6.45, 7) is 2.87. The van der Waals surface area contributed by atoms with Crippen LogP contribution in [0.15, 0.2) is 42.6 Å². The van der Waals surface area contributed by atoms with Crippen molar-refractivity contribution in [2.24, 2.45) is 0 Å². The molecule has 0 unspecified atom stereocenters. The molecule has 3 aromatic rings. The zero-order valence-electron chi connectivity index (χ0n) is 15.9. The Balaban J connectivity index is 1.40. The zero-order valence-corrected chi connectivity index (χ0v) is 15.9. The van der Waals surface area contributed by atoms with Crippen molar-refractivity contribution >= 4 is 5.91 Å². The van der Waals surface area contributed by atoms with E-state index >= 15 is 0 Å². The third-order valence-corrected chi connectivity index (χ3v) is 5.95. The number of imidazole rings is 1. The summed E-state index contributed by atoms with van der Waals surface area (Å²) in [5.41, 5.74) is 5.83. The number of phenols is 1. The van der Waals surface area contributed by atoms with Gasteiger partial charge in [-0.2, -0.15) is 0 Å². The summed E-state index contributed by atoms with van der Waals surface area (Å²) >= 11 is 0. The van der Waals surface area contributed by atoms with Crippen LogP contribution in [0.2, 0.25) is 0 Å². The number of benzene rings is 2. The summed E-state index contributed by atoms with van der Waals surface area (Å²) in [5, 5.41) is 13.0. The van der Waals surface area contributed by atoms with Gasteiger partial charge in [-0.15, -0.1) is 0 Å². The van der Waals surface area contributed by atoms with Crippen molar-refractivity contribution in [1.82, 2.24) is 14.9 Å². The maximum absolute atomic E-state index is 12.7. The molecule has 1 aliphatic heterocycles. The number of aromatic hydroxyl groups is 1. The van der Waals surface area contributed by atoms with Gasteiger partial charge in [-0.1, -0.05) is 18.2 Å². The van der Waals surface area contributed by atoms with E-state index in [0.717, 1.165) is 42.6 Å². The van der Waals surface area contributed by atoms with Crippen molar-refractivity contribution in [2.75, 3.05) is 0 Å². The highest BCUT2D eigenvalue weighted by molar-refractivity contribution is 5.95. The van der Waals surface area contributed by atoms with Gasteiger partial charge in [-0.25, -0.2) is 4.98 Å². The number of aryl methyl sites for hydroxylation is 4. The van der Waals surface area contributed by atoms with Gasteiger partial charge in [-0.05, 0) is 61.1 Å². The van der Waals surface area contributed by atoms with Crippen LogP contribution in [0.4, 0.5) is 0 Å².